The molecule has 4 heterocycles. The van der Waals surface area contributed by atoms with Gasteiger partial charge in [-0.25, -0.2) is 0 Å². The van der Waals surface area contributed by atoms with Crippen LogP contribution in [0.3, 0.4) is 0 Å². The van der Waals surface area contributed by atoms with Crippen LogP contribution in [0.5, 0.6) is 0 Å². The summed E-state index contributed by atoms with van der Waals surface area (Å²) in [4.78, 5) is 10.3. The van der Waals surface area contributed by atoms with Crippen LogP contribution in [0.25, 0.3) is 54.6 Å². The van der Waals surface area contributed by atoms with Crippen LogP contribution in [-0.4, -0.2) is 13.4 Å². The van der Waals surface area contributed by atoms with Gasteiger partial charge in [0.25, 0.3) is 13.4 Å². The van der Waals surface area contributed by atoms with Crippen molar-refractivity contribution in [3.05, 3.63) is 303 Å². The van der Waals surface area contributed by atoms with E-state index in [2.05, 4.69) is 323 Å². The molecule has 0 atom stereocenters. The molecule has 0 fully saturated rings. The molecule has 388 valence electrons. The van der Waals surface area contributed by atoms with Gasteiger partial charge in [0, 0.05) is 68.2 Å². The predicted octanol–water partition coefficient (Wildman–Crippen LogP) is 16.6. The molecule has 14 aromatic carbocycles. The van der Waals surface area contributed by atoms with Crippen LogP contribution in [0.1, 0.15) is 0 Å². The van der Waals surface area contributed by atoms with Crippen molar-refractivity contribution in [2.45, 2.75) is 0 Å². The second-order valence-corrected chi connectivity index (χ2v) is 22.7. The summed E-state index contributed by atoms with van der Waals surface area (Å²) in [5.41, 5.74) is 26.3. The molecule has 0 unspecified atom stereocenters. The van der Waals surface area contributed by atoms with Crippen molar-refractivity contribution in [3.8, 4) is 22.3 Å². The van der Waals surface area contributed by atoms with Crippen LogP contribution >= 0.6 is 0 Å². The summed E-state index contributed by atoms with van der Waals surface area (Å²) in [6, 6.07) is 114. The molecular weight excluding hydrogens is 1010 g/mol. The first-order valence-corrected chi connectivity index (χ1v) is 29.2. The molecule has 0 bridgehead atoms. The second-order valence-electron chi connectivity index (χ2n) is 22.7. The maximum absolute atomic E-state index is 2.65. The zero-order valence-corrected chi connectivity index (χ0v) is 45.8. The van der Waals surface area contributed by atoms with Gasteiger partial charge in [0.2, 0.25) is 0 Å². The second kappa shape index (κ2) is 18.4. The molecule has 0 spiro atoms. The van der Waals surface area contributed by atoms with E-state index < -0.39 is 0 Å². The number of hydrogen-bond acceptors (Lipinski definition) is 4. The topological polar surface area (TPSA) is 13.0 Å². The molecule has 0 aromatic heterocycles. The highest BCUT2D eigenvalue weighted by atomic mass is 15.2. The number of rotatable bonds is 6. The molecule has 84 heavy (non-hydrogen) atoms. The standard InChI is InChI=1S/C78H50B2N4/c1-6-24-51(25-7-1)53-44-73-77-75(46-53)83(57-32-14-5-15-33-57)71-50-72-68(49-67(71)79(77)65-38-20-22-40-69(65)81(73)55-28-10-3-11-29-55)80-66-39-21-23-41-70(66)82(56-30-12-4-13-31-56)74-45-54(52-26-8-2-9-27-52)47-76(78(74)80)84(72)58-42-43-63-61-36-17-16-34-59(61)60-35-18-19-37-62(60)64(63)48-58/h1-50H. The third-order valence-electron chi connectivity index (χ3n) is 18.3. The molecule has 14 aromatic rings. The van der Waals surface area contributed by atoms with E-state index in [1.807, 2.05) is 0 Å². The van der Waals surface area contributed by atoms with Crippen molar-refractivity contribution in [1.82, 2.24) is 0 Å². The third-order valence-corrected chi connectivity index (χ3v) is 18.3. The first kappa shape index (κ1) is 46.9. The zero-order chi connectivity index (χ0) is 55.0. The van der Waals surface area contributed by atoms with Crippen molar-refractivity contribution in [2.24, 2.45) is 0 Å². The van der Waals surface area contributed by atoms with Crippen molar-refractivity contribution >= 4 is 147 Å². The Morgan fingerprint density at radius 2 is 0.500 bits per heavy atom. The number of nitrogens with zero attached hydrogens (tertiary/aromatic N) is 4. The Balaban J connectivity index is 0.990. The lowest BCUT2D eigenvalue weighted by Crippen LogP contribution is -2.65. The van der Waals surface area contributed by atoms with Gasteiger partial charge in [-0.15, -0.1) is 0 Å². The summed E-state index contributed by atoms with van der Waals surface area (Å²) < 4.78 is 0. The molecule has 4 nitrogen and oxygen atoms in total. The number of anilines is 12. The smallest absolute Gasteiger partial charge is 0.252 e. The SMILES string of the molecule is c1ccc(-c2cc3c4c(c2)N(c2ccccc2)c2cc5c(cc2B4c2ccccc2N3c2ccccc2)B2c3ccccc3N(c3ccccc3)c3cc(-c4ccccc4)cc(c32)N5c2ccc3c4ccccc4c4ccccc4c3c2)cc1. The molecule has 0 aliphatic carbocycles. The molecule has 0 saturated carbocycles. The summed E-state index contributed by atoms with van der Waals surface area (Å²) in [5.74, 6) is 0. The van der Waals surface area contributed by atoms with Crippen molar-refractivity contribution in [3.63, 3.8) is 0 Å². The Bertz CT molecular complexity index is 4960. The fourth-order valence-electron chi connectivity index (χ4n) is 14.9. The average Bonchev–Trinajstić information content (AvgIpc) is 1.12. The van der Waals surface area contributed by atoms with Crippen LogP contribution in [0.4, 0.5) is 68.2 Å². The van der Waals surface area contributed by atoms with Gasteiger partial charge >= 0.3 is 0 Å². The zero-order valence-electron chi connectivity index (χ0n) is 45.8. The van der Waals surface area contributed by atoms with Gasteiger partial charge in [0.1, 0.15) is 0 Å². The normalized spacial score (nSPS) is 13.3. The van der Waals surface area contributed by atoms with E-state index in [0.29, 0.717) is 0 Å². The highest BCUT2D eigenvalue weighted by Crippen LogP contribution is 2.51. The summed E-state index contributed by atoms with van der Waals surface area (Å²) in [6.45, 7) is -0.227. The number of fused-ring (bicyclic) bond motifs is 14. The Kier molecular flexibility index (Phi) is 10.2. The van der Waals surface area contributed by atoms with Crippen molar-refractivity contribution in [2.75, 3.05) is 19.6 Å². The quantitative estimate of drug-likeness (QED) is 0.122. The van der Waals surface area contributed by atoms with Gasteiger partial charge in [0.05, 0.1) is 0 Å². The van der Waals surface area contributed by atoms with Crippen LogP contribution in [0.15, 0.2) is 303 Å². The highest BCUT2D eigenvalue weighted by Gasteiger charge is 2.48. The Morgan fingerprint density at radius 3 is 0.917 bits per heavy atom. The molecule has 0 radical (unpaired) electrons. The fourth-order valence-corrected chi connectivity index (χ4v) is 14.9. The number of para-hydroxylation sites is 5. The Hall–Kier alpha value is -10.8. The summed E-state index contributed by atoms with van der Waals surface area (Å²) in [7, 11) is 0. The average molecular weight is 1060 g/mol. The van der Waals surface area contributed by atoms with Crippen LogP contribution in [0.2, 0.25) is 0 Å². The molecule has 6 heteroatoms. The largest absolute Gasteiger partial charge is 0.311 e. The van der Waals surface area contributed by atoms with Gasteiger partial charge in [-0.2, -0.15) is 0 Å². The molecule has 0 saturated heterocycles. The minimum atomic E-state index is -0.121. The van der Waals surface area contributed by atoms with Gasteiger partial charge in [-0.1, -0.05) is 212 Å². The van der Waals surface area contributed by atoms with Gasteiger partial charge in [-0.05, 0) is 178 Å². The number of hydrogen-bond donors (Lipinski definition) is 0. The lowest BCUT2D eigenvalue weighted by Gasteiger charge is -2.47. The Labute approximate surface area is 489 Å². The van der Waals surface area contributed by atoms with Crippen LogP contribution < -0.4 is 52.4 Å². The fraction of sp³-hybridized carbons (Fsp3) is 0. The van der Waals surface area contributed by atoms with Gasteiger partial charge in [0.15, 0.2) is 0 Å². The first-order chi connectivity index (χ1) is 41.7. The van der Waals surface area contributed by atoms with E-state index in [0.717, 1.165) is 39.7 Å². The molecular formula is C78H50B2N4. The van der Waals surface area contributed by atoms with E-state index in [1.165, 1.54) is 116 Å². The maximum Gasteiger partial charge on any atom is 0.252 e. The molecule has 4 aliphatic rings. The van der Waals surface area contributed by atoms with Crippen molar-refractivity contribution < 1.29 is 0 Å². The summed E-state index contributed by atoms with van der Waals surface area (Å²) in [5, 5.41) is 7.51. The van der Waals surface area contributed by atoms with E-state index >= 15 is 0 Å². The van der Waals surface area contributed by atoms with Crippen LogP contribution in [-0.2, 0) is 0 Å². The minimum Gasteiger partial charge on any atom is -0.311 e. The lowest BCUT2D eigenvalue weighted by molar-refractivity contribution is 1.24. The third kappa shape index (κ3) is 6.86. The molecule has 0 N–H and O–H groups in total. The summed E-state index contributed by atoms with van der Waals surface area (Å²) >= 11 is 0. The van der Waals surface area contributed by atoms with Gasteiger partial charge < -0.3 is 19.6 Å². The van der Waals surface area contributed by atoms with E-state index in [1.54, 1.807) is 0 Å². The lowest BCUT2D eigenvalue weighted by atomic mass is 9.30. The summed E-state index contributed by atoms with van der Waals surface area (Å²) in [6.07, 6.45) is 0. The predicted molar refractivity (Wildman–Crippen MR) is 358 cm³/mol. The van der Waals surface area contributed by atoms with E-state index in [4.69, 9.17) is 0 Å². The molecule has 18 rings (SSSR count). The van der Waals surface area contributed by atoms with E-state index in [9.17, 15) is 0 Å². The molecule has 0 amide bonds. The minimum absolute atomic E-state index is 0.106. The highest BCUT2D eigenvalue weighted by molar-refractivity contribution is 7.03. The monoisotopic (exact) mass is 1060 g/mol. The van der Waals surface area contributed by atoms with Crippen LogP contribution in [0, 0.1) is 0 Å². The van der Waals surface area contributed by atoms with E-state index in [-0.39, 0.29) is 13.4 Å². The Morgan fingerprint density at radius 1 is 0.179 bits per heavy atom. The molecule has 4 aliphatic heterocycles. The number of benzene rings is 14. The van der Waals surface area contributed by atoms with Gasteiger partial charge in [-0.3, -0.25) is 0 Å². The first-order valence-electron chi connectivity index (χ1n) is 29.2. The maximum atomic E-state index is 2.65. The van der Waals surface area contributed by atoms with Crippen molar-refractivity contribution in [1.29, 1.82) is 0 Å².